The molecule has 1 saturated carbocycles. The third kappa shape index (κ3) is 5.56. The van der Waals surface area contributed by atoms with Crippen molar-refractivity contribution >= 4 is 12.2 Å². The van der Waals surface area contributed by atoms with E-state index in [4.69, 9.17) is 4.74 Å². The molecule has 0 bridgehead atoms. The highest BCUT2D eigenvalue weighted by Crippen LogP contribution is 2.25. The monoisotopic (exact) mass is 307 g/mol. The maximum absolute atomic E-state index is 11.9. The molecular formula is C18H29NO3. The molecule has 0 unspecified atom stereocenters. The van der Waals surface area contributed by atoms with Crippen molar-refractivity contribution in [3.05, 3.63) is 11.6 Å². The average Bonchev–Trinajstić information content (AvgIpc) is 2.83. The van der Waals surface area contributed by atoms with E-state index in [0.717, 1.165) is 24.8 Å². The molecule has 124 valence electrons. The zero-order chi connectivity index (χ0) is 16.0. The molecule has 0 aromatic heterocycles. The summed E-state index contributed by atoms with van der Waals surface area (Å²) in [5.41, 5.74) is 1.03. The van der Waals surface area contributed by atoms with E-state index in [9.17, 15) is 9.90 Å². The van der Waals surface area contributed by atoms with Crippen molar-refractivity contribution in [2.24, 2.45) is 10.9 Å². The van der Waals surface area contributed by atoms with E-state index >= 15 is 0 Å². The summed E-state index contributed by atoms with van der Waals surface area (Å²) in [7, 11) is 0. The van der Waals surface area contributed by atoms with Crippen molar-refractivity contribution in [2.75, 3.05) is 6.61 Å². The fraction of sp³-hybridized carbons (Fsp3) is 0.778. The number of hydrogen-bond acceptors (Lipinski definition) is 4. The summed E-state index contributed by atoms with van der Waals surface area (Å²) in [5.74, 6) is -0.00902. The van der Waals surface area contributed by atoms with Gasteiger partial charge in [-0.05, 0) is 63.9 Å². The Morgan fingerprint density at radius 3 is 2.73 bits per heavy atom. The Bertz CT molecular complexity index is 434. The lowest BCUT2D eigenvalue weighted by molar-refractivity contribution is -0.150. The van der Waals surface area contributed by atoms with Gasteiger partial charge in [0.25, 0.3) is 0 Å². The highest BCUT2D eigenvalue weighted by Gasteiger charge is 2.22. The number of hydrogen-bond donors (Lipinski definition) is 1. The number of carbonyl (C=O) groups excluding carboxylic acids is 1. The first-order valence-corrected chi connectivity index (χ1v) is 8.56. The number of aliphatic imine (C=N–C) groups is 1. The summed E-state index contributed by atoms with van der Waals surface area (Å²) in [6, 6.07) is 0. The number of ether oxygens (including phenoxy) is 1. The molecule has 1 heterocycles. The summed E-state index contributed by atoms with van der Waals surface area (Å²) in [6.07, 6.45) is 11.6. The minimum atomic E-state index is -0.130. The molecule has 2 aliphatic rings. The first-order valence-electron chi connectivity index (χ1n) is 8.56. The minimum absolute atomic E-state index is 0.0995. The Hall–Kier alpha value is -1.16. The third-order valence-electron chi connectivity index (χ3n) is 4.49. The highest BCUT2D eigenvalue weighted by molar-refractivity contribution is 5.82. The molecular weight excluding hydrogens is 278 g/mol. The number of allylic oxidation sites excluding steroid dienone is 1. The lowest BCUT2D eigenvalue weighted by Gasteiger charge is -2.22. The van der Waals surface area contributed by atoms with Crippen LogP contribution in [0.25, 0.3) is 0 Å². The molecule has 0 spiro atoms. The fourth-order valence-electron chi connectivity index (χ4n) is 3.23. The normalized spacial score (nSPS) is 22.4. The van der Waals surface area contributed by atoms with Crippen molar-refractivity contribution in [3.8, 4) is 0 Å². The lowest BCUT2D eigenvalue weighted by Crippen LogP contribution is -2.21. The highest BCUT2D eigenvalue weighted by atomic mass is 16.5. The molecule has 1 aliphatic heterocycles. The van der Waals surface area contributed by atoms with Crippen molar-refractivity contribution in [2.45, 2.75) is 76.9 Å². The van der Waals surface area contributed by atoms with Crippen LogP contribution >= 0.6 is 0 Å². The van der Waals surface area contributed by atoms with Crippen LogP contribution in [-0.4, -0.2) is 35.5 Å². The Balaban J connectivity index is 1.71. The summed E-state index contributed by atoms with van der Waals surface area (Å²) < 4.78 is 5.53. The van der Waals surface area contributed by atoms with Crippen LogP contribution < -0.4 is 0 Å². The first-order chi connectivity index (χ1) is 10.5. The maximum atomic E-state index is 11.9. The number of aliphatic hydroxyl groups excluding tert-OH is 1. The van der Waals surface area contributed by atoms with Crippen molar-refractivity contribution in [1.29, 1.82) is 0 Å². The van der Waals surface area contributed by atoms with Gasteiger partial charge in [0, 0.05) is 19.2 Å². The smallest absolute Gasteiger partial charge is 0.306 e. The van der Waals surface area contributed by atoms with E-state index in [-0.39, 0.29) is 30.1 Å². The van der Waals surface area contributed by atoms with Crippen LogP contribution in [0.2, 0.25) is 0 Å². The van der Waals surface area contributed by atoms with Gasteiger partial charge in [0.15, 0.2) is 0 Å². The van der Waals surface area contributed by atoms with E-state index in [1.807, 2.05) is 6.21 Å². The topological polar surface area (TPSA) is 58.9 Å². The molecule has 0 aromatic rings. The quantitative estimate of drug-likeness (QED) is 0.733. The predicted molar refractivity (Wildman–Crippen MR) is 88.0 cm³/mol. The van der Waals surface area contributed by atoms with Crippen molar-refractivity contribution in [3.63, 3.8) is 0 Å². The molecule has 4 heteroatoms. The second kappa shape index (κ2) is 7.91. The summed E-state index contributed by atoms with van der Waals surface area (Å²) >= 11 is 0. The number of nitrogens with zero attached hydrogens (tertiary/aromatic N) is 1. The number of carbonyl (C=O) groups is 1. The first kappa shape index (κ1) is 17.2. The third-order valence-corrected chi connectivity index (χ3v) is 4.49. The van der Waals surface area contributed by atoms with E-state index in [2.05, 4.69) is 24.9 Å². The van der Waals surface area contributed by atoms with Crippen LogP contribution in [0.1, 0.15) is 65.2 Å². The van der Waals surface area contributed by atoms with Crippen LogP contribution in [0.3, 0.4) is 0 Å². The largest absolute Gasteiger partial charge is 0.462 e. The molecule has 0 aromatic carbocycles. The predicted octanol–water partition coefficient (Wildman–Crippen LogP) is 3.43. The van der Waals surface area contributed by atoms with Gasteiger partial charge in [-0.3, -0.25) is 9.79 Å². The van der Waals surface area contributed by atoms with Crippen molar-refractivity contribution < 1.29 is 14.6 Å². The molecule has 0 amide bonds. The summed E-state index contributed by atoms with van der Waals surface area (Å²) in [4.78, 5) is 16.3. The maximum Gasteiger partial charge on any atom is 0.306 e. The Labute approximate surface area is 133 Å². The number of aliphatic hydroxyl groups is 1. The SMILES string of the molecule is CC1(C)C=C(C[C@H](CO)CCC(=O)OC2CCCCC2)C=N1. The van der Waals surface area contributed by atoms with Crippen LogP contribution in [0.4, 0.5) is 0 Å². The molecule has 1 aliphatic carbocycles. The van der Waals surface area contributed by atoms with Gasteiger partial charge in [0.05, 0.1) is 5.54 Å². The standard InChI is InChI=1S/C18H29NO3/c1-18(2)11-15(12-19-18)10-14(13-20)8-9-17(21)22-16-6-4-3-5-7-16/h11-12,14,16,20H,3-10,13H2,1-2H3/t14-/m1/s1. The second-order valence-corrected chi connectivity index (χ2v) is 7.17. The van der Waals surface area contributed by atoms with E-state index in [0.29, 0.717) is 12.8 Å². The van der Waals surface area contributed by atoms with Crippen LogP contribution in [-0.2, 0) is 9.53 Å². The Kier molecular flexibility index (Phi) is 6.18. The zero-order valence-corrected chi connectivity index (χ0v) is 13.9. The van der Waals surface area contributed by atoms with Crippen LogP contribution in [0.15, 0.2) is 16.6 Å². The second-order valence-electron chi connectivity index (χ2n) is 7.17. The molecule has 1 N–H and O–H groups in total. The van der Waals surface area contributed by atoms with Gasteiger partial charge < -0.3 is 9.84 Å². The number of esters is 1. The average molecular weight is 307 g/mol. The molecule has 22 heavy (non-hydrogen) atoms. The molecule has 1 atom stereocenters. The van der Waals surface area contributed by atoms with Gasteiger partial charge in [-0.15, -0.1) is 0 Å². The van der Waals surface area contributed by atoms with Gasteiger partial charge in [-0.1, -0.05) is 12.5 Å². The van der Waals surface area contributed by atoms with Crippen LogP contribution in [0, 0.1) is 5.92 Å². The van der Waals surface area contributed by atoms with Crippen LogP contribution in [0.5, 0.6) is 0 Å². The summed E-state index contributed by atoms with van der Waals surface area (Å²) in [6.45, 7) is 4.22. The minimum Gasteiger partial charge on any atom is -0.462 e. The zero-order valence-electron chi connectivity index (χ0n) is 13.9. The Morgan fingerprint density at radius 2 is 2.14 bits per heavy atom. The van der Waals surface area contributed by atoms with Crippen molar-refractivity contribution in [1.82, 2.24) is 0 Å². The molecule has 1 fully saturated rings. The van der Waals surface area contributed by atoms with E-state index in [1.54, 1.807) is 0 Å². The molecule has 2 rings (SSSR count). The Morgan fingerprint density at radius 1 is 1.41 bits per heavy atom. The summed E-state index contributed by atoms with van der Waals surface area (Å²) in [5, 5.41) is 9.53. The number of rotatable bonds is 7. The molecule has 0 radical (unpaired) electrons. The van der Waals surface area contributed by atoms with Gasteiger partial charge in [-0.2, -0.15) is 0 Å². The van der Waals surface area contributed by atoms with Gasteiger partial charge >= 0.3 is 5.97 Å². The lowest BCUT2D eigenvalue weighted by atomic mass is 9.94. The van der Waals surface area contributed by atoms with Gasteiger partial charge in [0.1, 0.15) is 6.10 Å². The van der Waals surface area contributed by atoms with Gasteiger partial charge in [-0.25, -0.2) is 0 Å². The van der Waals surface area contributed by atoms with E-state index < -0.39 is 0 Å². The fourth-order valence-corrected chi connectivity index (χ4v) is 3.23. The molecule has 4 nitrogen and oxygen atoms in total. The van der Waals surface area contributed by atoms with Gasteiger partial charge in [0.2, 0.25) is 0 Å². The molecule has 0 saturated heterocycles. The van der Waals surface area contributed by atoms with E-state index in [1.165, 1.54) is 19.3 Å².